The predicted molar refractivity (Wildman–Crippen MR) is 56.3 cm³/mol. The fourth-order valence-corrected chi connectivity index (χ4v) is 1.77. The molecule has 0 bridgehead atoms. The van der Waals surface area contributed by atoms with Crippen LogP contribution in [0.5, 0.6) is 0 Å². The maximum absolute atomic E-state index is 11.0. The Hall–Kier alpha value is -1.50. The van der Waals surface area contributed by atoms with E-state index in [0.717, 1.165) is 12.8 Å². The van der Waals surface area contributed by atoms with E-state index in [1.54, 1.807) is 5.01 Å². The summed E-state index contributed by atoms with van der Waals surface area (Å²) >= 11 is 0. The number of aromatic nitrogens is 2. The molecule has 7 nitrogen and oxygen atoms in total. The molecule has 1 saturated heterocycles. The maximum Gasteiger partial charge on any atom is 0.332 e. The van der Waals surface area contributed by atoms with Crippen molar-refractivity contribution >= 4 is 24.3 Å². The van der Waals surface area contributed by atoms with Gasteiger partial charge in [0.15, 0.2) is 6.04 Å². The molecule has 1 aliphatic rings. The molecule has 0 radical (unpaired) electrons. The monoisotopic (exact) mass is 248 g/mol. The zero-order valence-electron chi connectivity index (χ0n) is 8.50. The summed E-state index contributed by atoms with van der Waals surface area (Å²) in [6, 6.07) is -0.576. The summed E-state index contributed by atoms with van der Waals surface area (Å²) < 4.78 is 4.59. The Morgan fingerprint density at radius 1 is 1.69 bits per heavy atom. The quantitative estimate of drug-likeness (QED) is 0.775. The van der Waals surface area contributed by atoms with Gasteiger partial charge in [0.1, 0.15) is 5.88 Å². The third kappa shape index (κ3) is 2.35. The summed E-state index contributed by atoms with van der Waals surface area (Å²) in [5, 5.41) is 14.2. The predicted octanol–water partition coefficient (Wildman–Crippen LogP) is 0.643. The Morgan fingerprint density at radius 2 is 2.44 bits per heavy atom. The van der Waals surface area contributed by atoms with Gasteiger partial charge in [-0.3, -0.25) is 0 Å². The molecule has 0 spiro atoms. The van der Waals surface area contributed by atoms with Gasteiger partial charge in [-0.25, -0.2) is 4.79 Å². The summed E-state index contributed by atoms with van der Waals surface area (Å²) in [5.41, 5.74) is 7.18. The van der Waals surface area contributed by atoms with Crippen molar-refractivity contribution in [1.29, 1.82) is 0 Å². The molecule has 2 rings (SSSR count). The topological polar surface area (TPSA) is 94.2 Å². The first kappa shape index (κ1) is 12.6. The van der Waals surface area contributed by atoms with Gasteiger partial charge in [0.25, 0.3) is 6.20 Å². The first-order valence-electron chi connectivity index (χ1n) is 4.78. The van der Waals surface area contributed by atoms with E-state index in [1.165, 1.54) is 11.0 Å². The van der Waals surface area contributed by atoms with Crippen molar-refractivity contribution in [3.63, 3.8) is 0 Å². The van der Waals surface area contributed by atoms with Crippen LogP contribution >= 0.6 is 12.4 Å². The van der Waals surface area contributed by atoms with E-state index < -0.39 is 12.0 Å². The van der Waals surface area contributed by atoms with E-state index in [4.69, 9.17) is 10.8 Å². The Balaban J connectivity index is 0.00000128. The maximum atomic E-state index is 11.0. The number of halogens is 1. The molecule has 1 aromatic heterocycles. The van der Waals surface area contributed by atoms with Crippen molar-refractivity contribution < 1.29 is 19.2 Å². The smallest absolute Gasteiger partial charge is 0.332 e. The van der Waals surface area contributed by atoms with E-state index in [2.05, 4.69) is 9.79 Å². The van der Waals surface area contributed by atoms with Crippen LogP contribution in [0.2, 0.25) is 0 Å². The first-order chi connectivity index (χ1) is 7.18. The normalized spacial score (nSPS) is 20.2. The molecule has 16 heavy (non-hydrogen) atoms. The van der Waals surface area contributed by atoms with Gasteiger partial charge in [-0.15, -0.1) is 17.4 Å². The molecule has 1 aliphatic heterocycles. The second kappa shape index (κ2) is 5.02. The summed E-state index contributed by atoms with van der Waals surface area (Å²) in [4.78, 5) is 12.3. The molecule has 0 aromatic carbocycles. The molecule has 2 N–H and O–H groups in total. The lowest BCUT2D eigenvalue weighted by Crippen LogP contribution is -2.67. The third-order valence-corrected chi connectivity index (χ3v) is 2.48. The van der Waals surface area contributed by atoms with Gasteiger partial charge in [0, 0.05) is 0 Å². The van der Waals surface area contributed by atoms with Gasteiger partial charge in [0.05, 0.1) is 11.3 Å². The van der Waals surface area contributed by atoms with Crippen molar-refractivity contribution in [2.24, 2.45) is 0 Å². The number of aliphatic carboxylic acids is 1. The summed E-state index contributed by atoms with van der Waals surface area (Å²) in [5.74, 6) is -0.943. The largest absolute Gasteiger partial charge is 0.660 e. The highest BCUT2D eigenvalue weighted by molar-refractivity contribution is 5.85. The van der Waals surface area contributed by atoms with E-state index in [0.29, 0.717) is 13.0 Å². The molecule has 1 aromatic rings. The van der Waals surface area contributed by atoms with Crippen LogP contribution in [0.15, 0.2) is 10.7 Å². The van der Waals surface area contributed by atoms with Crippen LogP contribution in [0, 0.1) is 0 Å². The second-order valence-corrected chi connectivity index (χ2v) is 3.50. The highest BCUT2D eigenvalue weighted by Crippen LogP contribution is 2.13. The lowest BCUT2D eigenvalue weighted by atomic mass is 10.0. The minimum Gasteiger partial charge on any atom is -0.660 e. The van der Waals surface area contributed by atoms with E-state index >= 15 is 0 Å². The third-order valence-electron chi connectivity index (χ3n) is 2.48. The molecule has 0 amide bonds. The summed E-state index contributed by atoms with van der Waals surface area (Å²) in [6.07, 6.45) is 3.79. The molecular formula is C8H13ClN4O3. The van der Waals surface area contributed by atoms with E-state index in [9.17, 15) is 4.79 Å². The molecule has 8 heteroatoms. The molecule has 2 heterocycles. The van der Waals surface area contributed by atoms with Gasteiger partial charge in [-0.1, -0.05) is 0 Å². The zero-order chi connectivity index (χ0) is 10.8. The number of carboxylic acid groups (broad SMARTS) is 1. The van der Waals surface area contributed by atoms with Gasteiger partial charge in [-0.2, -0.15) is 0 Å². The molecule has 0 aliphatic carbocycles. The van der Waals surface area contributed by atoms with Crippen molar-refractivity contribution in [2.45, 2.75) is 25.3 Å². The minimum absolute atomic E-state index is 0. The SMILES string of the molecule is Cl.[NH-]c1c[n+](N2CCCCC2C(=O)O)no1. The number of rotatable bonds is 2. The Morgan fingerprint density at radius 3 is 3.00 bits per heavy atom. The molecule has 90 valence electrons. The van der Waals surface area contributed by atoms with Crippen molar-refractivity contribution in [3.05, 3.63) is 11.9 Å². The first-order valence-corrected chi connectivity index (χ1v) is 4.78. The number of nitrogens with zero attached hydrogens (tertiary/aromatic N) is 3. The number of hydrogen-bond donors (Lipinski definition) is 1. The summed E-state index contributed by atoms with van der Waals surface area (Å²) in [7, 11) is 0. The van der Waals surface area contributed by atoms with Crippen LogP contribution in [0.4, 0.5) is 5.88 Å². The highest BCUT2D eigenvalue weighted by atomic mass is 35.5. The highest BCUT2D eigenvalue weighted by Gasteiger charge is 2.35. The lowest BCUT2D eigenvalue weighted by Gasteiger charge is -2.25. The Labute approximate surface area is 98.2 Å². The van der Waals surface area contributed by atoms with E-state index in [1.807, 2.05) is 0 Å². The Kier molecular flexibility index (Phi) is 3.94. The van der Waals surface area contributed by atoms with Crippen LogP contribution in [0.1, 0.15) is 19.3 Å². The fraction of sp³-hybridized carbons (Fsp3) is 0.625. The number of piperidine rings is 1. The van der Waals surface area contributed by atoms with Gasteiger partial charge < -0.3 is 15.4 Å². The van der Waals surface area contributed by atoms with Crippen LogP contribution in [-0.2, 0) is 4.79 Å². The molecule has 1 fully saturated rings. The standard InChI is InChI=1S/C8H12N4O3.ClH/c9-7-5-12(10-15-7)11-4-2-1-3-6(11)8(13)14;/h5-6H,1-4H2,(H2-,9,10,13,14);1H. The van der Waals surface area contributed by atoms with Crippen LogP contribution in [0.25, 0.3) is 5.73 Å². The average molecular weight is 249 g/mol. The van der Waals surface area contributed by atoms with Gasteiger partial charge in [0.2, 0.25) is 5.27 Å². The number of hydrogen-bond acceptors (Lipinski definition) is 4. The average Bonchev–Trinajstić information content (AvgIpc) is 2.65. The second-order valence-electron chi connectivity index (χ2n) is 3.50. The number of nitrogens with one attached hydrogen (secondary N) is 1. The molecule has 0 saturated carbocycles. The molecule has 1 unspecified atom stereocenters. The molecule has 1 atom stereocenters. The number of carbonyl (C=O) groups is 1. The fourth-order valence-electron chi connectivity index (χ4n) is 1.77. The van der Waals surface area contributed by atoms with Crippen LogP contribution < -0.4 is 9.80 Å². The number of carboxylic acids is 1. The van der Waals surface area contributed by atoms with Gasteiger partial charge in [-0.05, 0) is 19.3 Å². The van der Waals surface area contributed by atoms with Crippen molar-refractivity contribution in [1.82, 2.24) is 5.27 Å². The van der Waals surface area contributed by atoms with Crippen molar-refractivity contribution in [3.8, 4) is 0 Å². The lowest BCUT2D eigenvalue weighted by molar-refractivity contribution is -0.761. The molecular weight excluding hydrogens is 236 g/mol. The summed E-state index contributed by atoms with van der Waals surface area (Å²) in [6.45, 7) is 0.619. The minimum atomic E-state index is -0.864. The van der Waals surface area contributed by atoms with Gasteiger partial charge >= 0.3 is 5.97 Å². The Bertz CT molecular complexity index is 370. The van der Waals surface area contributed by atoms with Crippen LogP contribution in [0.3, 0.4) is 0 Å². The van der Waals surface area contributed by atoms with Crippen LogP contribution in [-0.4, -0.2) is 28.9 Å². The van der Waals surface area contributed by atoms with Crippen molar-refractivity contribution in [2.75, 3.05) is 11.6 Å². The van der Waals surface area contributed by atoms with E-state index in [-0.39, 0.29) is 18.3 Å². The zero-order valence-corrected chi connectivity index (χ0v) is 9.31.